The summed E-state index contributed by atoms with van der Waals surface area (Å²) in [5, 5.41) is 16.1. The first kappa shape index (κ1) is 7.18. The van der Waals surface area contributed by atoms with Crippen LogP contribution >= 0.6 is 0 Å². The molecule has 1 aromatic heterocycles. The van der Waals surface area contributed by atoms with Crippen molar-refractivity contribution in [1.82, 2.24) is 10.2 Å². The Morgan fingerprint density at radius 3 is 3.08 bits per heavy atom. The number of benzene rings is 1. The molecule has 0 radical (unpaired) electrons. The lowest BCUT2D eigenvalue weighted by molar-refractivity contribution is 0.445. The minimum absolute atomic E-state index is 0.352. The van der Waals surface area contributed by atoms with E-state index in [1.165, 1.54) is 0 Å². The molecule has 60 valence electrons. The minimum Gasteiger partial charge on any atom is -0.523 e. The smallest absolute Gasteiger partial charge is 0.505 e. The quantitative estimate of drug-likeness (QED) is 0.620. The molecule has 0 amide bonds. The van der Waals surface area contributed by atoms with Crippen LogP contribution in [0.4, 0.5) is 0 Å². The Hall–Kier alpha value is -1.49. The monoisotopic (exact) mass is 162 g/mol. The molecule has 4 nitrogen and oxygen atoms in total. The molecular weight excluding hydrogens is 155 g/mol. The van der Waals surface area contributed by atoms with E-state index in [1.54, 1.807) is 0 Å². The van der Waals surface area contributed by atoms with Gasteiger partial charge in [-0.2, -0.15) is 0 Å². The molecule has 0 saturated carbocycles. The maximum absolute atomic E-state index is 8.52. The van der Waals surface area contributed by atoms with Gasteiger partial charge in [0.15, 0.2) is 0 Å². The number of H-pyrrole nitrogens is 1. The second-order valence-electron chi connectivity index (χ2n) is 2.35. The molecule has 0 unspecified atom stereocenters. The highest BCUT2D eigenvalue weighted by Crippen LogP contribution is 2.20. The fraction of sp³-hybridized carbons (Fsp3) is 0. The SMILES string of the molecule is OBOc1n[nH]c2ccccc12. The third kappa shape index (κ3) is 1.04. The first-order valence-electron chi connectivity index (χ1n) is 3.58. The van der Waals surface area contributed by atoms with Crippen LogP contribution in [0.15, 0.2) is 24.3 Å². The lowest BCUT2D eigenvalue weighted by Crippen LogP contribution is -1.99. The maximum Gasteiger partial charge on any atom is 0.505 e. The Kier molecular flexibility index (Phi) is 1.71. The van der Waals surface area contributed by atoms with E-state index in [0.717, 1.165) is 10.9 Å². The van der Waals surface area contributed by atoms with Crippen LogP contribution < -0.4 is 4.65 Å². The molecule has 0 atom stereocenters. The van der Waals surface area contributed by atoms with Crippen LogP contribution in [0.2, 0.25) is 0 Å². The van der Waals surface area contributed by atoms with Crippen molar-refractivity contribution in [3.05, 3.63) is 24.3 Å². The number of aromatic amines is 1. The van der Waals surface area contributed by atoms with Gasteiger partial charge in [-0.3, -0.25) is 5.10 Å². The van der Waals surface area contributed by atoms with E-state index < -0.39 is 0 Å². The largest absolute Gasteiger partial charge is 0.523 e. The van der Waals surface area contributed by atoms with E-state index >= 15 is 0 Å². The molecule has 0 spiro atoms. The van der Waals surface area contributed by atoms with Crippen LogP contribution in [0, 0.1) is 0 Å². The van der Waals surface area contributed by atoms with Crippen molar-refractivity contribution in [2.45, 2.75) is 0 Å². The summed E-state index contributed by atoms with van der Waals surface area (Å²) in [5.41, 5.74) is 0.904. The number of rotatable bonds is 2. The number of para-hydroxylation sites is 1. The van der Waals surface area contributed by atoms with E-state index in [-0.39, 0.29) is 7.69 Å². The van der Waals surface area contributed by atoms with Crippen molar-refractivity contribution in [3.8, 4) is 5.88 Å². The highest BCUT2D eigenvalue weighted by atomic mass is 16.5. The third-order valence-corrected chi connectivity index (χ3v) is 1.64. The standard InChI is InChI=1S/C7H7BN2O2/c11-8-12-7-5-3-1-2-4-6(5)9-10-7/h1-4,8,11H,(H,9,10). The number of hydrogen-bond acceptors (Lipinski definition) is 3. The average molecular weight is 162 g/mol. The van der Waals surface area contributed by atoms with Crippen LogP contribution in [0.25, 0.3) is 10.9 Å². The minimum atomic E-state index is -0.352. The fourth-order valence-electron chi connectivity index (χ4n) is 1.11. The molecule has 2 N–H and O–H groups in total. The van der Waals surface area contributed by atoms with Crippen molar-refractivity contribution in [1.29, 1.82) is 0 Å². The summed E-state index contributed by atoms with van der Waals surface area (Å²) >= 11 is 0. The lowest BCUT2D eigenvalue weighted by Gasteiger charge is -1.94. The first-order valence-corrected chi connectivity index (χ1v) is 3.58. The number of nitrogens with one attached hydrogen (secondary N) is 1. The molecule has 5 heteroatoms. The molecule has 1 heterocycles. The van der Waals surface area contributed by atoms with E-state index in [9.17, 15) is 0 Å². The molecule has 12 heavy (non-hydrogen) atoms. The topological polar surface area (TPSA) is 58.1 Å². The molecule has 0 saturated heterocycles. The highest BCUT2D eigenvalue weighted by Gasteiger charge is 2.04. The lowest BCUT2D eigenvalue weighted by atomic mass is 10.2. The molecule has 2 rings (SSSR count). The number of hydrogen-bond donors (Lipinski definition) is 2. The summed E-state index contributed by atoms with van der Waals surface area (Å²) in [6, 6.07) is 7.57. The zero-order valence-corrected chi connectivity index (χ0v) is 6.32. The summed E-state index contributed by atoms with van der Waals surface area (Å²) in [4.78, 5) is 0. The summed E-state index contributed by atoms with van der Waals surface area (Å²) in [6.45, 7) is 0. The van der Waals surface area contributed by atoms with Gasteiger partial charge in [0.2, 0.25) is 5.88 Å². The molecule has 0 bridgehead atoms. The zero-order chi connectivity index (χ0) is 8.39. The average Bonchev–Trinajstić information content (AvgIpc) is 2.50. The maximum atomic E-state index is 8.52. The van der Waals surface area contributed by atoms with E-state index in [2.05, 4.69) is 10.2 Å². The Morgan fingerprint density at radius 1 is 1.42 bits per heavy atom. The summed E-state index contributed by atoms with van der Waals surface area (Å²) < 4.78 is 4.87. The van der Waals surface area contributed by atoms with Crippen LogP contribution in [0.5, 0.6) is 5.88 Å². The van der Waals surface area contributed by atoms with Gasteiger partial charge < -0.3 is 9.68 Å². The van der Waals surface area contributed by atoms with Gasteiger partial charge in [0, 0.05) is 0 Å². The van der Waals surface area contributed by atoms with E-state index in [1.807, 2.05) is 24.3 Å². The van der Waals surface area contributed by atoms with Gasteiger partial charge in [-0.1, -0.05) is 12.1 Å². The van der Waals surface area contributed by atoms with Crippen LogP contribution in [-0.2, 0) is 0 Å². The van der Waals surface area contributed by atoms with Crippen molar-refractivity contribution in [2.75, 3.05) is 0 Å². The fourth-order valence-corrected chi connectivity index (χ4v) is 1.11. The van der Waals surface area contributed by atoms with Crippen LogP contribution in [0.3, 0.4) is 0 Å². The van der Waals surface area contributed by atoms with Crippen molar-refractivity contribution >= 4 is 18.6 Å². The van der Waals surface area contributed by atoms with Crippen LogP contribution in [0.1, 0.15) is 0 Å². The Balaban J connectivity index is 2.55. The summed E-state index contributed by atoms with van der Waals surface area (Å²) in [6.07, 6.45) is 0. The predicted octanol–water partition coefficient (Wildman–Crippen LogP) is 0.201. The summed E-state index contributed by atoms with van der Waals surface area (Å²) in [5.74, 6) is 0.438. The van der Waals surface area contributed by atoms with Crippen molar-refractivity contribution in [2.24, 2.45) is 0 Å². The highest BCUT2D eigenvalue weighted by molar-refractivity contribution is 6.17. The Labute approximate surface area is 69.5 Å². The zero-order valence-electron chi connectivity index (χ0n) is 6.32. The second kappa shape index (κ2) is 2.87. The van der Waals surface area contributed by atoms with Gasteiger partial charge in [0.1, 0.15) is 0 Å². The molecule has 2 aromatic rings. The molecule has 1 aromatic carbocycles. The van der Waals surface area contributed by atoms with Gasteiger partial charge in [-0.25, -0.2) is 0 Å². The second-order valence-corrected chi connectivity index (χ2v) is 2.35. The Morgan fingerprint density at radius 2 is 2.25 bits per heavy atom. The molecule has 0 aliphatic rings. The summed E-state index contributed by atoms with van der Waals surface area (Å²) in [7, 11) is -0.352. The molecule has 0 aliphatic heterocycles. The van der Waals surface area contributed by atoms with Crippen LogP contribution in [-0.4, -0.2) is 22.9 Å². The van der Waals surface area contributed by atoms with Crippen molar-refractivity contribution < 1.29 is 9.68 Å². The molecule has 0 aliphatic carbocycles. The van der Waals surface area contributed by atoms with Crippen molar-refractivity contribution in [3.63, 3.8) is 0 Å². The normalized spacial score (nSPS) is 10.1. The van der Waals surface area contributed by atoms with Gasteiger partial charge in [0.25, 0.3) is 0 Å². The molecule has 0 fully saturated rings. The number of aromatic nitrogens is 2. The van der Waals surface area contributed by atoms with Gasteiger partial charge in [-0.15, -0.1) is 5.10 Å². The third-order valence-electron chi connectivity index (χ3n) is 1.64. The van der Waals surface area contributed by atoms with Gasteiger partial charge in [0.05, 0.1) is 10.9 Å². The predicted molar refractivity (Wildman–Crippen MR) is 46.1 cm³/mol. The number of nitrogens with zero attached hydrogens (tertiary/aromatic N) is 1. The molecular formula is C7H7BN2O2. The van der Waals surface area contributed by atoms with E-state index in [0.29, 0.717) is 5.88 Å². The Bertz CT molecular complexity index is 388. The first-order chi connectivity index (χ1) is 5.92. The number of fused-ring (bicyclic) bond motifs is 1. The van der Waals surface area contributed by atoms with Gasteiger partial charge in [-0.05, 0) is 12.1 Å². The van der Waals surface area contributed by atoms with E-state index in [4.69, 9.17) is 9.68 Å². The van der Waals surface area contributed by atoms with Gasteiger partial charge >= 0.3 is 7.69 Å².